The van der Waals surface area contributed by atoms with E-state index >= 15 is 0 Å². The molecule has 0 radical (unpaired) electrons. The Morgan fingerprint density at radius 3 is 2.75 bits per heavy atom. The molecular weight excluding hydrogens is 450 g/mol. The van der Waals surface area contributed by atoms with Gasteiger partial charge in [-0.25, -0.2) is 0 Å². The number of carbonyl (C=O) groups excluding carboxylic acids is 1. The van der Waals surface area contributed by atoms with Crippen molar-refractivity contribution in [3.05, 3.63) is 71.0 Å². The highest BCUT2D eigenvalue weighted by atomic mass is 16.7. The largest absolute Gasteiger partial charge is 0.459 e. The molecular formula is C31H37NO4. The zero-order valence-corrected chi connectivity index (χ0v) is 21.1. The van der Waals surface area contributed by atoms with Crippen molar-refractivity contribution >= 4 is 5.91 Å². The number of carbonyl (C=O) groups is 1. The van der Waals surface area contributed by atoms with Crippen molar-refractivity contribution in [2.24, 2.45) is 17.8 Å². The van der Waals surface area contributed by atoms with Crippen LogP contribution in [-0.2, 0) is 20.7 Å². The number of allylic oxidation sites excluding steroid dienone is 1. The minimum Gasteiger partial charge on any atom is -0.459 e. The number of ether oxygens (including phenoxy) is 2. The van der Waals surface area contributed by atoms with Crippen molar-refractivity contribution in [1.82, 2.24) is 5.32 Å². The van der Waals surface area contributed by atoms with Gasteiger partial charge in [-0.05, 0) is 91.2 Å². The Morgan fingerprint density at radius 1 is 1.11 bits per heavy atom. The predicted molar refractivity (Wildman–Crippen MR) is 139 cm³/mol. The van der Waals surface area contributed by atoms with E-state index in [1.165, 1.54) is 47.1 Å². The molecule has 190 valence electrons. The number of fused-ring (bicyclic) bond motifs is 5. The Hall–Kier alpha value is -2.63. The van der Waals surface area contributed by atoms with Gasteiger partial charge >= 0.3 is 0 Å². The van der Waals surface area contributed by atoms with Crippen LogP contribution in [0.25, 0.3) is 11.1 Å². The van der Waals surface area contributed by atoms with E-state index in [-0.39, 0.29) is 30.4 Å². The topological polar surface area (TPSA) is 67.8 Å². The Kier molecular flexibility index (Phi) is 6.61. The Labute approximate surface area is 213 Å². The molecule has 4 aliphatic rings. The number of benzene rings is 2. The van der Waals surface area contributed by atoms with Crippen LogP contribution >= 0.6 is 0 Å². The third-order valence-electron chi connectivity index (χ3n) is 8.94. The van der Waals surface area contributed by atoms with Crippen molar-refractivity contribution in [3.63, 3.8) is 0 Å². The van der Waals surface area contributed by atoms with Crippen LogP contribution in [0.2, 0.25) is 0 Å². The smallest absolute Gasteiger partial charge is 0.286 e. The molecule has 6 unspecified atom stereocenters. The second-order valence-electron chi connectivity index (χ2n) is 11.0. The quantitative estimate of drug-likeness (QED) is 0.452. The van der Waals surface area contributed by atoms with Crippen molar-refractivity contribution < 1.29 is 19.4 Å². The van der Waals surface area contributed by atoms with Gasteiger partial charge in [0.05, 0.1) is 0 Å². The SMILES string of the molecule is CCOC1OC(C(=O)NC2CC3CCC2C3)=CC(c2cccc3c2Cc2ccccc2-3)C1CCCO. The summed E-state index contributed by atoms with van der Waals surface area (Å²) in [5, 5.41) is 12.9. The first-order chi connectivity index (χ1) is 17.7. The molecule has 0 spiro atoms. The van der Waals surface area contributed by atoms with E-state index < -0.39 is 6.29 Å². The number of aliphatic hydroxyl groups excluding tert-OH is 1. The van der Waals surface area contributed by atoms with Gasteiger partial charge in [-0.3, -0.25) is 4.79 Å². The van der Waals surface area contributed by atoms with Gasteiger partial charge in [0, 0.05) is 31.1 Å². The van der Waals surface area contributed by atoms with Crippen LogP contribution in [0.3, 0.4) is 0 Å². The van der Waals surface area contributed by atoms with Crippen molar-refractivity contribution in [2.45, 2.75) is 70.1 Å². The third-order valence-corrected chi connectivity index (χ3v) is 8.94. The molecule has 1 heterocycles. The number of hydrogen-bond acceptors (Lipinski definition) is 4. The van der Waals surface area contributed by atoms with E-state index in [0.29, 0.717) is 24.7 Å². The molecule has 2 N–H and O–H groups in total. The van der Waals surface area contributed by atoms with Crippen LogP contribution in [-0.4, -0.2) is 36.6 Å². The minimum absolute atomic E-state index is 0.0198. The van der Waals surface area contributed by atoms with Crippen molar-refractivity contribution in [2.75, 3.05) is 13.2 Å². The summed E-state index contributed by atoms with van der Waals surface area (Å²) in [5.74, 6) is 1.64. The van der Waals surface area contributed by atoms with Gasteiger partial charge in [-0.2, -0.15) is 0 Å². The summed E-state index contributed by atoms with van der Waals surface area (Å²) in [6.45, 7) is 2.60. The maximum atomic E-state index is 13.5. The fourth-order valence-corrected chi connectivity index (χ4v) is 7.28. The maximum Gasteiger partial charge on any atom is 0.286 e. The molecule has 5 nitrogen and oxygen atoms in total. The van der Waals surface area contributed by atoms with Gasteiger partial charge in [-0.15, -0.1) is 0 Å². The van der Waals surface area contributed by atoms with Gasteiger partial charge in [0.2, 0.25) is 6.29 Å². The Morgan fingerprint density at radius 2 is 1.97 bits per heavy atom. The Balaban J connectivity index is 1.35. The minimum atomic E-state index is -0.517. The van der Waals surface area contributed by atoms with Crippen LogP contribution in [0.15, 0.2) is 54.3 Å². The lowest BCUT2D eigenvalue weighted by Gasteiger charge is -2.38. The predicted octanol–water partition coefficient (Wildman–Crippen LogP) is 5.31. The number of rotatable bonds is 8. The molecule has 36 heavy (non-hydrogen) atoms. The van der Waals surface area contributed by atoms with Crippen LogP contribution in [0.5, 0.6) is 0 Å². The first-order valence-electron chi connectivity index (χ1n) is 13.8. The molecule has 0 saturated heterocycles. The van der Waals surface area contributed by atoms with Crippen molar-refractivity contribution in [1.29, 1.82) is 0 Å². The van der Waals surface area contributed by atoms with Gasteiger partial charge in [-0.1, -0.05) is 48.9 Å². The zero-order valence-electron chi connectivity index (χ0n) is 21.1. The number of hydrogen-bond donors (Lipinski definition) is 2. The normalized spacial score (nSPS) is 29.9. The standard InChI is InChI=1S/C31H37NO4/c1-2-35-31-25(11-6-14-33)27(18-29(36-31)30(34)32-28-16-19-12-13-21(28)15-19)24-10-5-9-23-22-8-4-3-7-20(22)17-26(23)24/h3-5,7-10,18-19,21,25,27-28,31,33H,2,6,11-17H2,1H3,(H,32,34). The van der Waals surface area contributed by atoms with Crippen LogP contribution in [0, 0.1) is 17.8 Å². The van der Waals surface area contributed by atoms with Crippen LogP contribution in [0.4, 0.5) is 0 Å². The molecule has 2 aromatic carbocycles. The lowest BCUT2D eigenvalue weighted by Crippen LogP contribution is -2.43. The van der Waals surface area contributed by atoms with Crippen LogP contribution in [0.1, 0.15) is 68.1 Å². The highest BCUT2D eigenvalue weighted by Crippen LogP contribution is 2.47. The molecule has 5 heteroatoms. The number of aliphatic hydroxyl groups is 1. The molecule has 1 amide bonds. The van der Waals surface area contributed by atoms with E-state index in [9.17, 15) is 9.90 Å². The molecule has 2 fully saturated rings. The second-order valence-corrected chi connectivity index (χ2v) is 11.0. The first kappa shape index (κ1) is 23.7. The van der Waals surface area contributed by atoms with Gasteiger partial charge in [0.25, 0.3) is 5.91 Å². The summed E-state index contributed by atoms with van der Waals surface area (Å²) in [5.41, 5.74) is 6.50. The molecule has 2 aromatic rings. The number of nitrogens with one attached hydrogen (secondary N) is 1. The van der Waals surface area contributed by atoms with Gasteiger partial charge in [0.1, 0.15) is 0 Å². The van der Waals surface area contributed by atoms with E-state index in [4.69, 9.17) is 9.47 Å². The van der Waals surface area contributed by atoms with E-state index in [1.54, 1.807) is 0 Å². The monoisotopic (exact) mass is 487 g/mol. The number of amides is 1. The molecule has 0 aromatic heterocycles. The summed E-state index contributed by atoms with van der Waals surface area (Å²) in [4.78, 5) is 13.5. The fraction of sp³-hybridized carbons (Fsp3) is 0.516. The third kappa shape index (κ3) is 4.26. The van der Waals surface area contributed by atoms with E-state index in [2.05, 4.69) is 47.8 Å². The average Bonchev–Trinajstić information content (AvgIpc) is 3.62. The molecule has 6 rings (SSSR count). The highest BCUT2D eigenvalue weighted by Gasteiger charge is 2.43. The second kappa shape index (κ2) is 10.0. The first-order valence-corrected chi connectivity index (χ1v) is 13.8. The van der Waals surface area contributed by atoms with E-state index in [0.717, 1.165) is 25.2 Å². The molecule has 6 atom stereocenters. The Bertz CT molecular complexity index is 1160. The fourth-order valence-electron chi connectivity index (χ4n) is 7.28. The molecule has 2 saturated carbocycles. The summed E-state index contributed by atoms with van der Waals surface area (Å²) in [7, 11) is 0. The molecule has 3 aliphatic carbocycles. The van der Waals surface area contributed by atoms with Gasteiger partial charge < -0.3 is 19.9 Å². The highest BCUT2D eigenvalue weighted by molar-refractivity contribution is 5.92. The summed E-state index contributed by atoms with van der Waals surface area (Å²) < 4.78 is 12.4. The summed E-state index contributed by atoms with van der Waals surface area (Å²) >= 11 is 0. The maximum absolute atomic E-state index is 13.5. The van der Waals surface area contributed by atoms with Crippen LogP contribution < -0.4 is 5.32 Å². The van der Waals surface area contributed by atoms with Gasteiger partial charge in [0.15, 0.2) is 5.76 Å². The lowest BCUT2D eigenvalue weighted by atomic mass is 9.78. The molecule has 2 bridgehead atoms. The zero-order chi connectivity index (χ0) is 24.6. The van der Waals surface area contributed by atoms with E-state index in [1.807, 2.05) is 13.0 Å². The lowest BCUT2D eigenvalue weighted by molar-refractivity contribution is -0.167. The van der Waals surface area contributed by atoms with Crippen molar-refractivity contribution in [3.8, 4) is 11.1 Å². The summed E-state index contributed by atoms with van der Waals surface area (Å²) in [6.07, 6.45) is 8.71. The average molecular weight is 488 g/mol. The molecule has 1 aliphatic heterocycles. The summed E-state index contributed by atoms with van der Waals surface area (Å²) in [6, 6.07) is 15.4.